The second kappa shape index (κ2) is 3.87. The minimum absolute atomic E-state index is 0.196. The minimum atomic E-state index is -0.551. The lowest BCUT2D eigenvalue weighted by Crippen LogP contribution is -2.66. The molecule has 0 saturated carbocycles. The predicted octanol–water partition coefficient (Wildman–Crippen LogP) is -0.0720. The van der Waals surface area contributed by atoms with Gasteiger partial charge in [0.2, 0.25) is 0 Å². The Morgan fingerprint density at radius 1 is 1.58 bits per heavy atom. The van der Waals surface area contributed by atoms with Gasteiger partial charge in [-0.25, -0.2) is 4.79 Å². The van der Waals surface area contributed by atoms with Gasteiger partial charge in [0, 0.05) is 0 Å². The highest BCUT2D eigenvalue weighted by Crippen LogP contribution is 2.18. The minimum Gasteiger partial charge on any atom is -0.464 e. The first kappa shape index (κ1) is 9.48. The van der Waals surface area contributed by atoms with E-state index in [0.717, 1.165) is 6.54 Å². The number of hydrogen-bond donors (Lipinski definition) is 1. The Labute approximate surface area is 72.2 Å². The van der Waals surface area contributed by atoms with Crippen molar-refractivity contribution in [3.8, 4) is 0 Å². The van der Waals surface area contributed by atoms with E-state index in [2.05, 4.69) is 5.32 Å². The Bertz CT molecular complexity index is 166. The zero-order valence-corrected chi connectivity index (χ0v) is 7.55. The zero-order chi connectivity index (χ0) is 9.03. The van der Waals surface area contributed by atoms with Gasteiger partial charge < -0.3 is 9.47 Å². The molecule has 0 unspecified atom stereocenters. The summed E-state index contributed by atoms with van der Waals surface area (Å²) in [6.07, 6.45) is 0. The number of hydrogen-bond acceptors (Lipinski definition) is 4. The molecule has 1 aliphatic heterocycles. The number of likely N-dealkylation sites (N-methyl/N-ethyl adjacent to an activating group) is 1. The van der Waals surface area contributed by atoms with Gasteiger partial charge in [-0.15, -0.1) is 0 Å². The molecule has 1 rings (SSSR count). The van der Waals surface area contributed by atoms with Crippen molar-refractivity contribution in [2.75, 3.05) is 26.4 Å². The lowest BCUT2D eigenvalue weighted by Gasteiger charge is -2.39. The van der Waals surface area contributed by atoms with Crippen molar-refractivity contribution in [2.24, 2.45) is 0 Å². The van der Waals surface area contributed by atoms with Gasteiger partial charge in [0.1, 0.15) is 0 Å². The van der Waals surface area contributed by atoms with Gasteiger partial charge in [-0.1, -0.05) is 6.92 Å². The first-order valence-electron chi connectivity index (χ1n) is 4.25. The van der Waals surface area contributed by atoms with E-state index >= 15 is 0 Å². The van der Waals surface area contributed by atoms with Crippen LogP contribution in [0.4, 0.5) is 0 Å². The number of esters is 1. The van der Waals surface area contributed by atoms with Crippen LogP contribution in [0.5, 0.6) is 0 Å². The van der Waals surface area contributed by atoms with Gasteiger partial charge in [-0.05, 0) is 13.5 Å². The molecule has 1 N–H and O–H groups in total. The molecule has 1 aliphatic rings. The van der Waals surface area contributed by atoms with Crippen molar-refractivity contribution in [3.05, 3.63) is 0 Å². The molecule has 0 aliphatic carbocycles. The van der Waals surface area contributed by atoms with Crippen LogP contribution < -0.4 is 5.32 Å². The van der Waals surface area contributed by atoms with Crippen molar-refractivity contribution in [3.63, 3.8) is 0 Å². The summed E-state index contributed by atoms with van der Waals surface area (Å²) in [5, 5.41) is 3.08. The first-order valence-corrected chi connectivity index (χ1v) is 4.25. The van der Waals surface area contributed by atoms with Crippen molar-refractivity contribution in [2.45, 2.75) is 19.4 Å². The van der Waals surface area contributed by atoms with E-state index in [1.54, 1.807) is 6.92 Å². The molecule has 70 valence electrons. The van der Waals surface area contributed by atoms with Crippen molar-refractivity contribution in [1.82, 2.24) is 5.32 Å². The van der Waals surface area contributed by atoms with E-state index in [1.165, 1.54) is 0 Å². The lowest BCUT2D eigenvalue weighted by atomic mass is 9.98. The van der Waals surface area contributed by atoms with E-state index in [0.29, 0.717) is 19.8 Å². The fourth-order valence-corrected chi connectivity index (χ4v) is 1.21. The van der Waals surface area contributed by atoms with Gasteiger partial charge in [0.15, 0.2) is 5.54 Å². The molecule has 0 atom stereocenters. The van der Waals surface area contributed by atoms with Crippen LogP contribution in [0.2, 0.25) is 0 Å². The number of carbonyl (C=O) groups excluding carboxylic acids is 1. The molecule has 0 spiro atoms. The fourth-order valence-electron chi connectivity index (χ4n) is 1.21. The molecule has 0 aromatic carbocycles. The van der Waals surface area contributed by atoms with Crippen molar-refractivity contribution < 1.29 is 14.3 Å². The van der Waals surface area contributed by atoms with Crippen LogP contribution in [-0.2, 0) is 14.3 Å². The molecule has 0 bridgehead atoms. The van der Waals surface area contributed by atoms with Crippen LogP contribution in [0.25, 0.3) is 0 Å². The molecule has 1 fully saturated rings. The normalized spacial score (nSPS) is 19.8. The molecule has 0 aromatic heterocycles. The standard InChI is InChI=1S/C8H15NO3/c1-3-9-8(5-11-6-8)7(10)12-4-2/h9H,3-6H2,1-2H3. The van der Waals surface area contributed by atoms with Gasteiger partial charge in [0.05, 0.1) is 19.8 Å². The van der Waals surface area contributed by atoms with Gasteiger partial charge in [-0.2, -0.15) is 0 Å². The van der Waals surface area contributed by atoms with Crippen LogP contribution in [0.15, 0.2) is 0 Å². The topological polar surface area (TPSA) is 47.6 Å². The van der Waals surface area contributed by atoms with Crippen molar-refractivity contribution in [1.29, 1.82) is 0 Å². The number of ether oxygens (including phenoxy) is 2. The maximum atomic E-state index is 11.4. The Balaban J connectivity index is 2.47. The summed E-state index contributed by atoms with van der Waals surface area (Å²) in [4.78, 5) is 11.4. The van der Waals surface area contributed by atoms with E-state index in [1.807, 2.05) is 6.92 Å². The Hall–Kier alpha value is -0.610. The van der Waals surface area contributed by atoms with Crippen LogP contribution in [0.3, 0.4) is 0 Å². The van der Waals surface area contributed by atoms with E-state index in [-0.39, 0.29) is 5.97 Å². The highest BCUT2D eigenvalue weighted by molar-refractivity contribution is 5.82. The summed E-state index contributed by atoms with van der Waals surface area (Å²) in [5.74, 6) is -0.196. The highest BCUT2D eigenvalue weighted by Gasteiger charge is 2.46. The summed E-state index contributed by atoms with van der Waals surface area (Å²) in [7, 11) is 0. The zero-order valence-electron chi connectivity index (χ0n) is 7.55. The number of carbonyl (C=O) groups is 1. The average molecular weight is 173 g/mol. The molecule has 1 saturated heterocycles. The molecule has 0 aromatic rings. The van der Waals surface area contributed by atoms with Crippen LogP contribution >= 0.6 is 0 Å². The van der Waals surface area contributed by atoms with E-state index in [9.17, 15) is 4.79 Å². The fraction of sp³-hybridized carbons (Fsp3) is 0.875. The molecule has 1 heterocycles. The lowest BCUT2D eigenvalue weighted by molar-refractivity contribution is -0.171. The van der Waals surface area contributed by atoms with Crippen molar-refractivity contribution >= 4 is 5.97 Å². The monoisotopic (exact) mass is 173 g/mol. The van der Waals surface area contributed by atoms with Gasteiger partial charge in [-0.3, -0.25) is 5.32 Å². The summed E-state index contributed by atoms with van der Waals surface area (Å²) < 4.78 is 9.92. The molecular formula is C8H15NO3. The largest absolute Gasteiger partial charge is 0.464 e. The highest BCUT2D eigenvalue weighted by atomic mass is 16.6. The first-order chi connectivity index (χ1) is 5.75. The maximum Gasteiger partial charge on any atom is 0.331 e. The third-order valence-electron chi connectivity index (χ3n) is 1.88. The van der Waals surface area contributed by atoms with Gasteiger partial charge in [0.25, 0.3) is 0 Å². The second-order valence-corrected chi connectivity index (χ2v) is 2.83. The molecule has 0 radical (unpaired) electrons. The summed E-state index contributed by atoms with van der Waals surface area (Å²) in [6.45, 7) is 5.80. The predicted molar refractivity (Wildman–Crippen MR) is 43.9 cm³/mol. The quantitative estimate of drug-likeness (QED) is 0.604. The summed E-state index contributed by atoms with van der Waals surface area (Å²) in [5.41, 5.74) is -0.551. The van der Waals surface area contributed by atoms with Gasteiger partial charge >= 0.3 is 5.97 Å². The third kappa shape index (κ3) is 1.59. The smallest absolute Gasteiger partial charge is 0.331 e. The summed E-state index contributed by atoms with van der Waals surface area (Å²) in [6, 6.07) is 0. The molecule has 4 nitrogen and oxygen atoms in total. The van der Waals surface area contributed by atoms with Crippen LogP contribution in [-0.4, -0.2) is 37.9 Å². The SMILES string of the molecule is CCNC1(C(=O)OCC)COC1. The second-order valence-electron chi connectivity index (χ2n) is 2.83. The number of rotatable bonds is 4. The Morgan fingerprint density at radius 2 is 2.25 bits per heavy atom. The van der Waals surface area contributed by atoms with E-state index in [4.69, 9.17) is 9.47 Å². The Morgan fingerprint density at radius 3 is 2.58 bits per heavy atom. The van der Waals surface area contributed by atoms with E-state index < -0.39 is 5.54 Å². The third-order valence-corrected chi connectivity index (χ3v) is 1.88. The molecule has 4 heteroatoms. The Kier molecular flexibility index (Phi) is 3.05. The summed E-state index contributed by atoms with van der Waals surface area (Å²) >= 11 is 0. The molecular weight excluding hydrogens is 158 g/mol. The van der Waals surface area contributed by atoms with Crippen LogP contribution in [0.1, 0.15) is 13.8 Å². The number of nitrogens with one attached hydrogen (secondary N) is 1. The average Bonchev–Trinajstić information content (AvgIpc) is 1.97. The molecule has 12 heavy (non-hydrogen) atoms. The molecule has 0 amide bonds. The van der Waals surface area contributed by atoms with Crippen LogP contribution in [0, 0.1) is 0 Å². The maximum absolute atomic E-state index is 11.4.